The number of ether oxygens (including phenoxy) is 1. The first kappa shape index (κ1) is 10.5. The summed E-state index contributed by atoms with van der Waals surface area (Å²) in [5.74, 6) is 0.947. The molecule has 2 atom stereocenters. The minimum Gasteiger partial charge on any atom is -0.488 e. The second kappa shape index (κ2) is 3.24. The lowest BCUT2D eigenvalue weighted by Crippen LogP contribution is -2.21. The Labute approximate surface area is 91.4 Å². The van der Waals surface area contributed by atoms with Gasteiger partial charge in [-0.1, -0.05) is 26.8 Å². The molecule has 0 saturated heterocycles. The zero-order valence-corrected chi connectivity index (χ0v) is 9.87. The molecule has 0 aromatic heterocycles. The average Bonchev–Trinajstić information content (AvgIpc) is 2.41. The van der Waals surface area contributed by atoms with Gasteiger partial charge >= 0.3 is 0 Å². The number of nitrogens with two attached hydrogens (primary N) is 1. The molecule has 15 heavy (non-hydrogen) atoms. The summed E-state index contributed by atoms with van der Waals surface area (Å²) >= 11 is 0. The van der Waals surface area contributed by atoms with E-state index in [9.17, 15) is 0 Å². The topological polar surface area (TPSA) is 35.2 Å². The molecule has 2 unspecified atom stereocenters. The van der Waals surface area contributed by atoms with Crippen LogP contribution in [-0.4, -0.2) is 6.10 Å². The van der Waals surface area contributed by atoms with Gasteiger partial charge in [0.05, 0.1) is 6.04 Å². The molecule has 2 N–H and O–H groups in total. The van der Waals surface area contributed by atoms with Crippen LogP contribution in [0.25, 0.3) is 0 Å². The normalized spacial score (nSPS) is 24.9. The molecule has 1 aromatic carbocycles. The van der Waals surface area contributed by atoms with E-state index in [1.807, 2.05) is 13.0 Å². The van der Waals surface area contributed by atoms with Crippen LogP contribution in [0.15, 0.2) is 18.2 Å². The summed E-state index contributed by atoms with van der Waals surface area (Å²) in [5, 5.41) is 0. The minimum absolute atomic E-state index is 0.0160. The Morgan fingerprint density at radius 2 is 1.93 bits per heavy atom. The molecule has 1 aromatic rings. The van der Waals surface area contributed by atoms with Gasteiger partial charge in [0.15, 0.2) is 0 Å². The van der Waals surface area contributed by atoms with Gasteiger partial charge in [-0.15, -0.1) is 0 Å². The molecular formula is C13H19NO. The zero-order valence-electron chi connectivity index (χ0n) is 9.87. The highest BCUT2D eigenvalue weighted by Crippen LogP contribution is 2.37. The van der Waals surface area contributed by atoms with Crippen molar-refractivity contribution >= 4 is 0 Å². The average molecular weight is 205 g/mol. The molecule has 0 radical (unpaired) electrons. The van der Waals surface area contributed by atoms with Crippen LogP contribution in [0.1, 0.15) is 44.9 Å². The molecule has 1 aliphatic rings. The van der Waals surface area contributed by atoms with Gasteiger partial charge < -0.3 is 10.5 Å². The monoisotopic (exact) mass is 205 g/mol. The van der Waals surface area contributed by atoms with Crippen LogP contribution in [0.4, 0.5) is 0 Å². The minimum atomic E-state index is 0.0160. The van der Waals surface area contributed by atoms with E-state index in [2.05, 4.69) is 32.9 Å². The lowest BCUT2D eigenvalue weighted by molar-refractivity contribution is 0.228. The Kier molecular flexibility index (Phi) is 2.27. The zero-order chi connectivity index (χ0) is 11.2. The maximum atomic E-state index is 6.08. The highest BCUT2D eigenvalue weighted by atomic mass is 16.5. The van der Waals surface area contributed by atoms with Crippen molar-refractivity contribution in [3.05, 3.63) is 29.3 Å². The Balaban J connectivity index is 2.44. The van der Waals surface area contributed by atoms with Crippen molar-refractivity contribution in [1.29, 1.82) is 0 Å². The predicted octanol–water partition coefficient (Wildman–Crippen LogP) is 2.76. The second-order valence-electron chi connectivity index (χ2n) is 5.35. The molecule has 82 valence electrons. The van der Waals surface area contributed by atoms with Crippen molar-refractivity contribution in [2.45, 2.75) is 45.3 Å². The van der Waals surface area contributed by atoms with Gasteiger partial charge in [0.2, 0.25) is 0 Å². The number of hydrogen-bond acceptors (Lipinski definition) is 2. The fraction of sp³-hybridized carbons (Fsp3) is 0.538. The van der Waals surface area contributed by atoms with Crippen molar-refractivity contribution in [3.8, 4) is 5.75 Å². The van der Waals surface area contributed by atoms with E-state index in [1.165, 1.54) is 5.56 Å². The van der Waals surface area contributed by atoms with E-state index in [1.54, 1.807) is 0 Å². The lowest BCUT2D eigenvalue weighted by atomic mass is 9.85. The van der Waals surface area contributed by atoms with E-state index in [0.717, 1.165) is 11.3 Å². The van der Waals surface area contributed by atoms with E-state index in [0.29, 0.717) is 0 Å². The van der Waals surface area contributed by atoms with Crippen LogP contribution < -0.4 is 10.5 Å². The fourth-order valence-electron chi connectivity index (χ4n) is 1.91. The maximum Gasteiger partial charge on any atom is 0.124 e. The van der Waals surface area contributed by atoms with Crippen molar-refractivity contribution in [2.24, 2.45) is 5.73 Å². The summed E-state index contributed by atoms with van der Waals surface area (Å²) < 4.78 is 5.66. The first-order valence-electron chi connectivity index (χ1n) is 5.46. The number of rotatable bonds is 0. The van der Waals surface area contributed by atoms with Gasteiger partial charge in [-0.2, -0.15) is 0 Å². The van der Waals surface area contributed by atoms with Gasteiger partial charge in [-0.05, 0) is 30.0 Å². The number of fused-ring (bicyclic) bond motifs is 1. The molecule has 1 aliphatic heterocycles. The van der Waals surface area contributed by atoms with Crippen molar-refractivity contribution in [2.75, 3.05) is 0 Å². The van der Waals surface area contributed by atoms with Gasteiger partial charge in [0.25, 0.3) is 0 Å². The van der Waals surface area contributed by atoms with Crippen molar-refractivity contribution in [3.63, 3.8) is 0 Å². The van der Waals surface area contributed by atoms with Crippen LogP contribution in [0.2, 0.25) is 0 Å². The van der Waals surface area contributed by atoms with Crippen molar-refractivity contribution in [1.82, 2.24) is 0 Å². The van der Waals surface area contributed by atoms with Gasteiger partial charge in [-0.3, -0.25) is 0 Å². The van der Waals surface area contributed by atoms with Crippen LogP contribution in [0, 0.1) is 0 Å². The second-order valence-corrected chi connectivity index (χ2v) is 5.35. The quantitative estimate of drug-likeness (QED) is 0.707. The molecule has 1 heterocycles. The summed E-state index contributed by atoms with van der Waals surface area (Å²) in [5.41, 5.74) is 8.71. The summed E-state index contributed by atoms with van der Waals surface area (Å²) in [4.78, 5) is 0. The third-order valence-corrected chi connectivity index (χ3v) is 3.05. The maximum absolute atomic E-state index is 6.08. The van der Waals surface area contributed by atoms with E-state index in [4.69, 9.17) is 10.5 Å². The highest BCUT2D eigenvalue weighted by Gasteiger charge is 2.29. The number of hydrogen-bond donors (Lipinski definition) is 1. The molecule has 0 aliphatic carbocycles. The van der Waals surface area contributed by atoms with Gasteiger partial charge in [0.1, 0.15) is 11.9 Å². The molecular weight excluding hydrogens is 186 g/mol. The molecule has 0 fully saturated rings. The molecule has 0 amide bonds. The Bertz CT molecular complexity index is 379. The molecule has 0 spiro atoms. The van der Waals surface area contributed by atoms with E-state index < -0.39 is 0 Å². The van der Waals surface area contributed by atoms with Crippen molar-refractivity contribution < 1.29 is 4.74 Å². The van der Waals surface area contributed by atoms with Crippen LogP contribution in [0.5, 0.6) is 5.75 Å². The molecule has 2 nitrogen and oxygen atoms in total. The largest absolute Gasteiger partial charge is 0.488 e. The number of benzene rings is 1. The van der Waals surface area contributed by atoms with E-state index >= 15 is 0 Å². The smallest absolute Gasteiger partial charge is 0.124 e. The summed E-state index contributed by atoms with van der Waals surface area (Å²) in [6.45, 7) is 8.64. The summed E-state index contributed by atoms with van der Waals surface area (Å²) in [6, 6.07) is 6.37. The highest BCUT2D eigenvalue weighted by molar-refractivity contribution is 5.44. The molecule has 2 heteroatoms. The third-order valence-electron chi connectivity index (χ3n) is 3.05. The summed E-state index contributed by atoms with van der Waals surface area (Å²) in [6.07, 6.45) is 0.0928. The van der Waals surface area contributed by atoms with Gasteiger partial charge in [-0.25, -0.2) is 0 Å². The first-order valence-corrected chi connectivity index (χ1v) is 5.46. The SMILES string of the molecule is CC1Oc2ccc(C(C)(C)C)cc2C1N. The standard InChI is InChI=1S/C13H19NO/c1-8-12(14)10-7-9(13(2,3)4)5-6-11(10)15-8/h5-8,12H,14H2,1-4H3. The van der Waals surface area contributed by atoms with Gasteiger partial charge in [0, 0.05) is 5.56 Å². The molecule has 0 bridgehead atoms. The Hall–Kier alpha value is -1.02. The lowest BCUT2D eigenvalue weighted by Gasteiger charge is -2.20. The van der Waals surface area contributed by atoms with E-state index in [-0.39, 0.29) is 17.6 Å². The Morgan fingerprint density at radius 1 is 1.27 bits per heavy atom. The summed E-state index contributed by atoms with van der Waals surface area (Å²) in [7, 11) is 0. The molecule has 2 rings (SSSR count). The Morgan fingerprint density at radius 3 is 2.53 bits per heavy atom. The predicted molar refractivity (Wildman–Crippen MR) is 62.2 cm³/mol. The fourth-order valence-corrected chi connectivity index (χ4v) is 1.91. The van der Waals surface area contributed by atoms with Crippen LogP contribution in [-0.2, 0) is 5.41 Å². The van der Waals surface area contributed by atoms with Crippen LogP contribution in [0.3, 0.4) is 0 Å². The third kappa shape index (κ3) is 1.74. The molecule has 0 saturated carbocycles. The van der Waals surface area contributed by atoms with Crippen LogP contribution >= 0.6 is 0 Å². The first-order chi connectivity index (χ1) is 6.89.